The van der Waals surface area contributed by atoms with E-state index >= 15 is 0 Å². The highest BCUT2D eigenvalue weighted by atomic mass is 79.9. The van der Waals surface area contributed by atoms with Crippen LogP contribution in [0, 0.1) is 0 Å². The number of halogens is 1. The molecule has 2 aromatic rings. The molecule has 0 aromatic heterocycles. The van der Waals surface area contributed by atoms with E-state index in [1.807, 2.05) is 36.4 Å². The van der Waals surface area contributed by atoms with Gasteiger partial charge in [-0.1, -0.05) is 76.6 Å². The second-order valence-corrected chi connectivity index (χ2v) is 5.75. The van der Waals surface area contributed by atoms with Gasteiger partial charge in [-0.2, -0.15) is 0 Å². The van der Waals surface area contributed by atoms with E-state index in [-0.39, 0.29) is 5.60 Å². The zero-order valence-electron chi connectivity index (χ0n) is 12.4. The van der Waals surface area contributed by atoms with Gasteiger partial charge < -0.3 is 4.74 Å². The third-order valence-electron chi connectivity index (χ3n) is 3.44. The first kappa shape index (κ1) is 15.9. The Bertz CT molecular complexity index is 535. The van der Waals surface area contributed by atoms with Crippen LogP contribution in [0.4, 0.5) is 0 Å². The van der Waals surface area contributed by atoms with Crippen molar-refractivity contribution in [3.63, 3.8) is 0 Å². The molecule has 1 unspecified atom stereocenters. The molecule has 0 bridgehead atoms. The molecule has 3 heteroatoms. The number of methoxy groups -OCH3 is 1. The zero-order valence-corrected chi connectivity index (χ0v) is 14.0. The minimum absolute atomic E-state index is 0.297. The van der Waals surface area contributed by atoms with Crippen molar-refractivity contribution in [2.75, 3.05) is 19.0 Å². The summed E-state index contributed by atoms with van der Waals surface area (Å²) in [6.45, 7) is 2.66. The molecule has 0 fully saturated rings. The molecule has 0 spiro atoms. The molecule has 21 heavy (non-hydrogen) atoms. The lowest BCUT2D eigenvalue weighted by Crippen LogP contribution is -2.33. The van der Waals surface area contributed by atoms with Crippen LogP contribution in [0.3, 0.4) is 0 Å². The van der Waals surface area contributed by atoms with Crippen LogP contribution in [0.2, 0.25) is 0 Å². The maximum Gasteiger partial charge on any atom is 0.0941 e. The predicted octanol–water partition coefficient (Wildman–Crippen LogP) is 4.32. The van der Waals surface area contributed by atoms with Crippen molar-refractivity contribution in [2.24, 2.45) is 4.99 Å². The van der Waals surface area contributed by atoms with Crippen LogP contribution in [-0.4, -0.2) is 30.3 Å². The van der Waals surface area contributed by atoms with Crippen molar-refractivity contribution in [1.82, 2.24) is 0 Å². The molecule has 0 amide bonds. The highest BCUT2D eigenvalue weighted by Crippen LogP contribution is 2.16. The molecule has 0 radical (unpaired) electrons. The minimum atomic E-state index is -0.297. The predicted molar refractivity (Wildman–Crippen MR) is 92.6 cm³/mol. The molecule has 2 rings (SSSR count). The van der Waals surface area contributed by atoms with Gasteiger partial charge in [0.15, 0.2) is 0 Å². The summed E-state index contributed by atoms with van der Waals surface area (Å²) < 4.78 is 5.56. The van der Waals surface area contributed by atoms with Crippen LogP contribution in [0.15, 0.2) is 65.7 Å². The number of ether oxygens (including phenoxy) is 1. The van der Waals surface area contributed by atoms with E-state index in [2.05, 4.69) is 47.1 Å². The molecule has 0 N–H and O–H groups in total. The van der Waals surface area contributed by atoms with E-state index in [1.54, 1.807) is 7.11 Å². The second kappa shape index (κ2) is 7.53. The number of aliphatic imine (C=N–C) groups is 1. The van der Waals surface area contributed by atoms with Gasteiger partial charge in [-0.15, -0.1) is 0 Å². The Morgan fingerprint density at radius 3 is 1.86 bits per heavy atom. The summed E-state index contributed by atoms with van der Waals surface area (Å²) >= 11 is 3.50. The van der Waals surface area contributed by atoms with Gasteiger partial charge >= 0.3 is 0 Å². The normalized spacial score (nSPS) is 13.5. The van der Waals surface area contributed by atoms with Crippen molar-refractivity contribution in [2.45, 2.75) is 12.5 Å². The van der Waals surface area contributed by atoms with Gasteiger partial charge in [0.25, 0.3) is 0 Å². The highest BCUT2D eigenvalue weighted by Gasteiger charge is 2.22. The SMILES string of the molecule is COC(C)(CBr)CN=C(c1ccccc1)c1ccccc1. The highest BCUT2D eigenvalue weighted by molar-refractivity contribution is 9.09. The maximum atomic E-state index is 5.56. The second-order valence-electron chi connectivity index (χ2n) is 5.18. The summed E-state index contributed by atoms with van der Waals surface area (Å²) in [5.41, 5.74) is 2.95. The van der Waals surface area contributed by atoms with E-state index in [9.17, 15) is 0 Å². The lowest BCUT2D eigenvalue weighted by molar-refractivity contribution is 0.0365. The van der Waals surface area contributed by atoms with E-state index in [0.717, 1.165) is 22.2 Å². The standard InChI is InChI=1S/C18H20BrNO/c1-18(13-19,21-2)14-20-17(15-9-5-3-6-10-15)16-11-7-4-8-12-16/h3-12H,13-14H2,1-2H3. The summed E-state index contributed by atoms with van der Waals surface area (Å²) in [5, 5.41) is 0.747. The van der Waals surface area contributed by atoms with Crippen molar-refractivity contribution in [3.8, 4) is 0 Å². The first-order valence-corrected chi connectivity index (χ1v) is 8.07. The van der Waals surface area contributed by atoms with Crippen LogP contribution in [0.1, 0.15) is 18.1 Å². The third-order valence-corrected chi connectivity index (χ3v) is 4.63. The van der Waals surface area contributed by atoms with Gasteiger partial charge in [0.05, 0.1) is 17.9 Å². The molecular formula is C18H20BrNO. The van der Waals surface area contributed by atoms with Crippen molar-refractivity contribution in [1.29, 1.82) is 0 Å². The van der Waals surface area contributed by atoms with Crippen LogP contribution in [-0.2, 0) is 4.74 Å². The van der Waals surface area contributed by atoms with E-state index in [1.165, 1.54) is 0 Å². The number of benzene rings is 2. The number of rotatable bonds is 6. The first-order chi connectivity index (χ1) is 10.2. The zero-order chi connectivity index (χ0) is 15.1. The maximum absolute atomic E-state index is 5.56. The van der Waals surface area contributed by atoms with Gasteiger partial charge in [-0.3, -0.25) is 4.99 Å². The van der Waals surface area contributed by atoms with Crippen LogP contribution < -0.4 is 0 Å². The Kier molecular flexibility index (Phi) is 5.71. The molecule has 0 aliphatic heterocycles. The Morgan fingerprint density at radius 2 is 1.48 bits per heavy atom. The van der Waals surface area contributed by atoms with Gasteiger partial charge in [0, 0.05) is 23.6 Å². The molecule has 0 aliphatic carbocycles. The fraction of sp³-hybridized carbons (Fsp3) is 0.278. The molecule has 1 atom stereocenters. The van der Waals surface area contributed by atoms with Crippen molar-refractivity contribution >= 4 is 21.6 Å². The fourth-order valence-corrected chi connectivity index (χ4v) is 2.36. The third kappa shape index (κ3) is 4.26. The number of alkyl halides is 1. The quantitative estimate of drug-likeness (QED) is 0.564. The summed E-state index contributed by atoms with van der Waals surface area (Å²) in [6.07, 6.45) is 0. The monoisotopic (exact) mass is 345 g/mol. The molecule has 110 valence electrons. The molecule has 0 saturated heterocycles. The molecular weight excluding hydrogens is 326 g/mol. The summed E-state index contributed by atoms with van der Waals surface area (Å²) in [7, 11) is 1.72. The van der Waals surface area contributed by atoms with Gasteiger partial charge in [0.1, 0.15) is 0 Å². The van der Waals surface area contributed by atoms with E-state index in [0.29, 0.717) is 6.54 Å². The summed E-state index contributed by atoms with van der Waals surface area (Å²) in [4.78, 5) is 4.84. The average Bonchev–Trinajstić information content (AvgIpc) is 2.57. The van der Waals surface area contributed by atoms with Crippen LogP contribution >= 0.6 is 15.9 Å². The summed E-state index contributed by atoms with van der Waals surface area (Å²) in [5.74, 6) is 0. The smallest absolute Gasteiger partial charge is 0.0941 e. The van der Waals surface area contributed by atoms with E-state index in [4.69, 9.17) is 9.73 Å². The van der Waals surface area contributed by atoms with Crippen molar-refractivity contribution in [3.05, 3.63) is 71.8 Å². The number of hydrogen-bond acceptors (Lipinski definition) is 2. The van der Waals surface area contributed by atoms with Gasteiger partial charge in [-0.05, 0) is 6.92 Å². The summed E-state index contributed by atoms with van der Waals surface area (Å²) in [6, 6.07) is 20.5. The Hall–Kier alpha value is -1.45. The lowest BCUT2D eigenvalue weighted by atomic mass is 10.0. The van der Waals surface area contributed by atoms with Gasteiger partial charge in [-0.25, -0.2) is 0 Å². The Labute approximate surface area is 135 Å². The fourth-order valence-electron chi connectivity index (χ4n) is 1.95. The lowest BCUT2D eigenvalue weighted by Gasteiger charge is -2.24. The average molecular weight is 346 g/mol. The van der Waals surface area contributed by atoms with Crippen LogP contribution in [0.5, 0.6) is 0 Å². The Morgan fingerprint density at radius 1 is 1.00 bits per heavy atom. The molecule has 2 nitrogen and oxygen atoms in total. The van der Waals surface area contributed by atoms with Crippen molar-refractivity contribution < 1.29 is 4.74 Å². The molecule has 2 aromatic carbocycles. The van der Waals surface area contributed by atoms with Gasteiger partial charge in [0.2, 0.25) is 0 Å². The topological polar surface area (TPSA) is 21.6 Å². The minimum Gasteiger partial charge on any atom is -0.376 e. The first-order valence-electron chi connectivity index (χ1n) is 6.95. The number of nitrogens with zero attached hydrogens (tertiary/aromatic N) is 1. The molecule has 0 saturated carbocycles. The molecule has 0 heterocycles. The largest absolute Gasteiger partial charge is 0.376 e. The molecule has 0 aliphatic rings. The van der Waals surface area contributed by atoms with E-state index < -0.39 is 0 Å². The Balaban J connectivity index is 2.38. The van der Waals surface area contributed by atoms with Crippen LogP contribution in [0.25, 0.3) is 0 Å². The number of hydrogen-bond donors (Lipinski definition) is 0.